The van der Waals surface area contributed by atoms with Gasteiger partial charge >= 0.3 is 5.97 Å². The predicted octanol–water partition coefficient (Wildman–Crippen LogP) is 12.4. The van der Waals surface area contributed by atoms with Crippen molar-refractivity contribution in [2.24, 2.45) is 17.8 Å². The molecule has 226 valence electrons. The third-order valence-electron chi connectivity index (χ3n) is 8.52. The topological polar surface area (TPSA) is 26.3 Å². The van der Waals surface area contributed by atoms with E-state index < -0.39 is 0 Å². The molecule has 0 N–H and O–H groups in total. The van der Waals surface area contributed by atoms with E-state index in [0.29, 0.717) is 18.1 Å². The van der Waals surface area contributed by atoms with Gasteiger partial charge in [-0.05, 0) is 37.5 Å². The summed E-state index contributed by atoms with van der Waals surface area (Å²) >= 11 is 0. The van der Waals surface area contributed by atoms with Crippen LogP contribution in [0, 0.1) is 17.8 Å². The number of carbonyl (C=O) groups is 1. The normalized spacial score (nSPS) is 13.8. The van der Waals surface area contributed by atoms with Crippen molar-refractivity contribution < 1.29 is 9.53 Å². The Bertz CT molecular complexity index is 525. The molecule has 0 spiro atoms. The maximum Gasteiger partial charge on any atom is 0.333 e. The van der Waals surface area contributed by atoms with Crippen molar-refractivity contribution in [2.45, 2.75) is 189 Å². The quantitative estimate of drug-likeness (QED) is 0.0541. The monoisotopic (exact) mass is 535 g/mol. The van der Waals surface area contributed by atoms with Crippen LogP contribution >= 0.6 is 0 Å². The first-order chi connectivity index (χ1) is 18.4. The minimum absolute atomic E-state index is 0.220. The summed E-state index contributed by atoms with van der Waals surface area (Å²) in [5.41, 5.74) is 0.517. The fraction of sp³-hybridized carbons (Fsp3) is 0.917. The van der Waals surface area contributed by atoms with Crippen LogP contribution in [-0.2, 0) is 9.53 Å². The summed E-state index contributed by atoms with van der Waals surface area (Å²) in [7, 11) is 0. The average Bonchev–Trinajstić information content (AvgIpc) is 2.90. The molecule has 0 rings (SSSR count). The Labute approximate surface area is 240 Å². The smallest absolute Gasteiger partial charge is 0.333 e. The fourth-order valence-electron chi connectivity index (χ4n) is 5.64. The summed E-state index contributed by atoms with van der Waals surface area (Å²) in [6.07, 6.45) is 32.7. The van der Waals surface area contributed by atoms with Crippen LogP contribution in [0.15, 0.2) is 12.2 Å². The van der Waals surface area contributed by atoms with E-state index in [1.165, 1.54) is 154 Å². The SMILES string of the molecule is C=C(C)C(=O)OCC(CCCCCCCCCCC(C)CCCC)CCCCCCCCC(C)CCCC. The highest BCUT2D eigenvalue weighted by Crippen LogP contribution is 2.22. The van der Waals surface area contributed by atoms with Gasteiger partial charge in [0.15, 0.2) is 0 Å². The van der Waals surface area contributed by atoms with Gasteiger partial charge in [-0.3, -0.25) is 0 Å². The van der Waals surface area contributed by atoms with Crippen LogP contribution in [0.25, 0.3) is 0 Å². The van der Waals surface area contributed by atoms with Crippen molar-refractivity contribution in [3.05, 3.63) is 12.2 Å². The summed E-state index contributed by atoms with van der Waals surface area (Å²) in [6.45, 7) is 15.5. The number of rotatable bonds is 29. The number of hydrogen-bond donors (Lipinski definition) is 0. The zero-order chi connectivity index (χ0) is 28.3. The number of ether oxygens (including phenoxy) is 1. The van der Waals surface area contributed by atoms with Gasteiger partial charge < -0.3 is 4.74 Å². The second-order valence-electron chi connectivity index (χ2n) is 12.8. The van der Waals surface area contributed by atoms with Crippen molar-refractivity contribution in [2.75, 3.05) is 6.61 Å². The molecule has 2 nitrogen and oxygen atoms in total. The molecule has 3 unspecified atom stereocenters. The molecule has 0 amide bonds. The molecule has 0 aromatic heterocycles. The molecule has 0 saturated carbocycles. The molecule has 38 heavy (non-hydrogen) atoms. The molecule has 2 heteroatoms. The Hall–Kier alpha value is -0.790. The standard InChI is InChI=1S/C36H70O2/c1-7-9-25-33(5)27-21-17-13-11-12-14-19-23-29-35(31-38-36(37)32(3)4)30-24-20-16-15-18-22-28-34(6)26-10-8-2/h33-35H,3,7-31H2,1-2,4-6H3. The first kappa shape index (κ1) is 37.2. The van der Waals surface area contributed by atoms with E-state index in [1.807, 2.05) is 0 Å². The number of unbranched alkanes of at least 4 members (excludes halogenated alkanes) is 14. The van der Waals surface area contributed by atoms with Gasteiger partial charge in [-0.2, -0.15) is 0 Å². The second kappa shape index (κ2) is 27.8. The molecule has 0 radical (unpaired) electrons. The minimum Gasteiger partial charge on any atom is -0.462 e. The number of carbonyl (C=O) groups excluding carboxylic acids is 1. The summed E-state index contributed by atoms with van der Waals surface area (Å²) in [5, 5.41) is 0. The average molecular weight is 535 g/mol. The Kier molecular flexibility index (Phi) is 27.2. The Morgan fingerprint density at radius 1 is 0.553 bits per heavy atom. The molecule has 0 aliphatic rings. The van der Waals surface area contributed by atoms with Crippen molar-refractivity contribution in [3.63, 3.8) is 0 Å². The maximum absolute atomic E-state index is 11.9. The highest BCUT2D eigenvalue weighted by molar-refractivity contribution is 5.86. The van der Waals surface area contributed by atoms with E-state index in [2.05, 4.69) is 34.3 Å². The van der Waals surface area contributed by atoms with E-state index in [4.69, 9.17) is 4.74 Å². The second-order valence-corrected chi connectivity index (χ2v) is 12.8. The largest absolute Gasteiger partial charge is 0.462 e. The molecular formula is C36H70O2. The van der Waals surface area contributed by atoms with E-state index in [9.17, 15) is 4.79 Å². The van der Waals surface area contributed by atoms with Crippen LogP contribution in [0.3, 0.4) is 0 Å². The van der Waals surface area contributed by atoms with Crippen LogP contribution in [0.2, 0.25) is 0 Å². The zero-order valence-corrected chi connectivity index (χ0v) is 26.9. The van der Waals surface area contributed by atoms with Gasteiger partial charge in [0.2, 0.25) is 0 Å². The molecule has 0 fully saturated rings. The number of hydrogen-bond acceptors (Lipinski definition) is 2. The summed E-state index contributed by atoms with van der Waals surface area (Å²) < 4.78 is 5.56. The fourth-order valence-corrected chi connectivity index (χ4v) is 5.64. The van der Waals surface area contributed by atoms with E-state index in [-0.39, 0.29) is 5.97 Å². The summed E-state index contributed by atoms with van der Waals surface area (Å²) in [5.74, 6) is 2.13. The van der Waals surface area contributed by atoms with Gasteiger partial charge in [-0.1, -0.05) is 176 Å². The van der Waals surface area contributed by atoms with E-state index in [1.54, 1.807) is 6.92 Å². The number of esters is 1. The van der Waals surface area contributed by atoms with Crippen LogP contribution in [-0.4, -0.2) is 12.6 Å². The third kappa shape index (κ3) is 25.5. The Morgan fingerprint density at radius 2 is 0.868 bits per heavy atom. The maximum atomic E-state index is 11.9. The van der Waals surface area contributed by atoms with Gasteiger partial charge in [-0.25, -0.2) is 4.79 Å². The van der Waals surface area contributed by atoms with Crippen LogP contribution in [0.5, 0.6) is 0 Å². The molecule has 3 atom stereocenters. The highest BCUT2D eigenvalue weighted by Gasteiger charge is 2.13. The van der Waals surface area contributed by atoms with Gasteiger partial charge in [0.25, 0.3) is 0 Å². The Morgan fingerprint density at radius 3 is 1.21 bits per heavy atom. The predicted molar refractivity (Wildman–Crippen MR) is 170 cm³/mol. The lowest BCUT2D eigenvalue weighted by molar-refractivity contribution is -0.140. The first-order valence-electron chi connectivity index (χ1n) is 17.2. The van der Waals surface area contributed by atoms with Gasteiger partial charge in [0, 0.05) is 5.57 Å². The van der Waals surface area contributed by atoms with Crippen molar-refractivity contribution in [1.29, 1.82) is 0 Å². The summed E-state index contributed by atoms with van der Waals surface area (Å²) in [6, 6.07) is 0. The lowest BCUT2D eigenvalue weighted by Crippen LogP contribution is -2.15. The molecule has 0 aromatic rings. The zero-order valence-electron chi connectivity index (χ0n) is 26.9. The van der Waals surface area contributed by atoms with Crippen LogP contribution < -0.4 is 0 Å². The third-order valence-corrected chi connectivity index (χ3v) is 8.52. The molecular weight excluding hydrogens is 464 g/mol. The molecule has 0 saturated heterocycles. The summed E-state index contributed by atoms with van der Waals surface area (Å²) in [4.78, 5) is 11.9. The first-order valence-corrected chi connectivity index (χ1v) is 17.2. The van der Waals surface area contributed by atoms with Crippen LogP contribution in [0.1, 0.15) is 189 Å². The Balaban J connectivity index is 3.90. The molecule has 0 bridgehead atoms. The van der Waals surface area contributed by atoms with Crippen LogP contribution in [0.4, 0.5) is 0 Å². The van der Waals surface area contributed by atoms with Gasteiger partial charge in [0.1, 0.15) is 0 Å². The lowest BCUT2D eigenvalue weighted by atomic mass is 9.94. The molecule has 0 heterocycles. The lowest BCUT2D eigenvalue weighted by Gasteiger charge is -2.17. The molecule has 0 aliphatic carbocycles. The van der Waals surface area contributed by atoms with Gasteiger partial charge in [-0.15, -0.1) is 0 Å². The van der Waals surface area contributed by atoms with Crippen molar-refractivity contribution in [1.82, 2.24) is 0 Å². The molecule has 0 aromatic carbocycles. The minimum atomic E-state index is -0.220. The highest BCUT2D eigenvalue weighted by atomic mass is 16.5. The molecule has 0 aliphatic heterocycles. The van der Waals surface area contributed by atoms with Gasteiger partial charge in [0.05, 0.1) is 6.61 Å². The van der Waals surface area contributed by atoms with E-state index >= 15 is 0 Å². The van der Waals surface area contributed by atoms with Crippen molar-refractivity contribution >= 4 is 5.97 Å². The van der Waals surface area contributed by atoms with E-state index in [0.717, 1.165) is 11.8 Å². The van der Waals surface area contributed by atoms with Crippen molar-refractivity contribution in [3.8, 4) is 0 Å².